The topological polar surface area (TPSA) is 59.4 Å². The second-order valence-corrected chi connectivity index (χ2v) is 4.33. The molecular formula is C11H12ClNO3. The van der Waals surface area contributed by atoms with E-state index in [1.807, 2.05) is 0 Å². The highest BCUT2D eigenvalue weighted by Crippen LogP contribution is 2.28. The monoisotopic (exact) mass is 241 g/mol. The number of carbonyl (C=O) groups is 1. The van der Waals surface area contributed by atoms with Crippen molar-refractivity contribution in [3.05, 3.63) is 22.8 Å². The van der Waals surface area contributed by atoms with Crippen molar-refractivity contribution >= 4 is 17.6 Å². The maximum absolute atomic E-state index is 10.6. The number of pyridine rings is 1. The average Bonchev–Trinajstić information content (AvgIpc) is 2.17. The van der Waals surface area contributed by atoms with Gasteiger partial charge in [-0.1, -0.05) is 18.0 Å². The lowest BCUT2D eigenvalue weighted by atomic mass is 9.86. The molecule has 0 amide bonds. The molecule has 1 N–H and O–H groups in total. The number of aromatic carboxylic acids is 1. The zero-order chi connectivity index (χ0) is 11.5. The van der Waals surface area contributed by atoms with E-state index in [0.29, 0.717) is 18.4 Å². The van der Waals surface area contributed by atoms with Crippen LogP contribution in [0.25, 0.3) is 0 Å². The number of carboxylic acid groups (broad SMARTS) is 1. The summed E-state index contributed by atoms with van der Waals surface area (Å²) in [5.41, 5.74) is 0.0704. The molecule has 0 atom stereocenters. The predicted octanol–water partition coefficient (Wildman–Crippen LogP) is 2.61. The Hall–Kier alpha value is -1.29. The Morgan fingerprint density at radius 2 is 2.38 bits per heavy atom. The molecule has 2 rings (SSSR count). The van der Waals surface area contributed by atoms with Crippen LogP contribution in [0.5, 0.6) is 5.88 Å². The van der Waals surface area contributed by atoms with Crippen molar-refractivity contribution in [1.29, 1.82) is 0 Å². The van der Waals surface area contributed by atoms with Gasteiger partial charge in [-0.3, -0.25) is 0 Å². The molecule has 5 heteroatoms. The molecule has 1 aliphatic carbocycles. The maximum atomic E-state index is 10.6. The predicted molar refractivity (Wildman–Crippen MR) is 59.0 cm³/mol. The molecular weight excluding hydrogens is 230 g/mol. The molecule has 0 spiro atoms. The molecule has 1 heterocycles. The first-order valence-corrected chi connectivity index (χ1v) is 5.56. The summed E-state index contributed by atoms with van der Waals surface area (Å²) >= 11 is 5.87. The second-order valence-electron chi connectivity index (χ2n) is 3.92. The van der Waals surface area contributed by atoms with Gasteiger partial charge in [-0.25, -0.2) is 9.78 Å². The van der Waals surface area contributed by atoms with Crippen molar-refractivity contribution < 1.29 is 14.6 Å². The summed E-state index contributed by atoms with van der Waals surface area (Å²) in [6.07, 6.45) is 4.88. The minimum atomic E-state index is -1.04. The molecule has 0 bridgehead atoms. The molecule has 86 valence electrons. The van der Waals surface area contributed by atoms with E-state index in [-0.39, 0.29) is 10.6 Å². The molecule has 16 heavy (non-hydrogen) atoms. The number of hydrogen-bond donors (Lipinski definition) is 1. The number of nitrogens with zero attached hydrogens (tertiary/aromatic N) is 1. The quantitative estimate of drug-likeness (QED) is 0.880. The zero-order valence-electron chi connectivity index (χ0n) is 8.65. The van der Waals surface area contributed by atoms with Crippen LogP contribution >= 0.6 is 11.6 Å². The minimum absolute atomic E-state index is 0.0704. The number of aromatic nitrogens is 1. The van der Waals surface area contributed by atoms with Crippen LogP contribution in [0, 0.1) is 5.92 Å². The summed E-state index contributed by atoms with van der Waals surface area (Å²) < 4.78 is 5.44. The van der Waals surface area contributed by atoms with Crippen LogP contribution < -0.4 is 4.74 Å². The smallest absolute Gasteiger partial charge is 0.337 e. The third-order valence-corrected chi connectivity index (χ3v) is 3.01. The summed E-state index contributed by atoms with van der Waals surface area (Å²) in [6, 6.07) is 1.35. The van der Waals surface area contributed by atoms with E-state index >= 15 is 0 Å². The van der Waals surface area contributed by atoms with E-state index < -0.39 is 5.97 Å². The van der Waals surface area contributed by atoms with Gasteiger partial charge >= 0.3 is 5.97 Å². The van der Waals surface area contributed by atoms with Crippen molar-refractivity contribution in [2.45, 2.75) is 19.3 Å². The molecule has 1 aromatic heterocycles. The Balaban J connectivity index is 2.00. The van der Waals surface area contributed by atoms with Crippen molar-refractivity contribution in [2.24, 2.45) is 5.92 Å². The number of halogens is 1. The van der Waals surface area contributed by atoms with Crippen LogP contribution in [-0.4, -0.2) is 22.7 Å². The van der Waals surface area contributed by atoms with Crippen LogP contribution in [0.2, 0.25) is 5.02 Å². The largest absolute Gasteiger partial charge is 0.478 e. The third kappa shape index (κ3) is 2.44. The van der Waals surface area contributed by atoms with E-state index in [2.05, 4.69) is 4.98 Å². The first-order chi connectivity index (χ1) is 7.66. The Kier molecular flexibility index (Phi) is 3.29. The fraction of sp³-hybridized carbons (Fsp3) is 0.455. The lowest BCUT2D eigenvalue weighted by Crippen LogP contribution is -2.19. The lowest BCUT2D eigenvalue weighted by molar-refractivity contribution is 0.0696. The highest BCUT2D eigenvalue weighted by atomic mass is 35.5. The highest BCUT2D eigenvalue weighted by molar-refractivity contribution is 6.32. The third-order valence-electron chi connectivity index (χ3n) is 2.73. The van der Waals surface area contributed by atoms with Gasteiger partial charge in [0.2, 0.25) is 5.88 Å². The fourth-order valence-corrected chi connectivity index (χ4v) is 1.73. The van der Waals surface area contributed by atoms with E-state index in [4.69, 9.17) is 21.4 Å². The van der Waals surface area contributed by atoms with E-state index in [1.54, 1.807) is 0 Å². The van der Waals surface area contributed by atoms with Crippen molar-refractivity contribution in [3.8, 4) is 5.88 Å². The standard InChI is InChI=1S/C11H12ClNO3/c12-9-4-8(11(14)15)5-13-10(9)16-6-7-2-1-3-7/h4-5,7H,1-3,6H2,(H,14,15). The van der Waals surface area contributed by atoms with Gasteiger partial charge < -0.3 is 9.84 Å². The Bertz CT molecular complexity index is 404. The number of carboxylic acids is 1. The first kappa shape index (κ1) is 11.2. The molecule has 1 fully saturated rings. The Morgan fingerprint density at radius 3 is 2.88 bits per heavy atom. The maximum Gasteiger partial charge on any atom is 0.337 e. The summed E-state index contributed by atoms with van der Waals surface area (Å²) in [4.78, 5) is 14.5. The van der Waals surface area contributed by atoms with Gasteiger partial charge in [0.05, 0.1) is 12.2 Å². The van der Waals surface area contributed by atoms with Gasteiger partial charge in [-0.15, -0.1) is 0 Å². The van der Waals surface area contributed by atoms with Crippen LogP contribution in [0.1, 0.15) is 29.6 Å². The van der Waals surface area contributed by atoms with E-state index in [9.17, 15) is 4.79 Å². The van der Waals surface area contributed by atoms with Crippen LogP contribution in [-0.2, 0) is 0 Å². The van der Waals surface area contributed by atoms with Crippen molar-refractivity contribution in [1.82, 2.24) is 4.98 Å². The van der Waals surface area contributed by atoms with Crippen molar-refractivity contribution in [2.75, 3.05) is 6.61 Å². The molecule has 1 aliphatic rings. The first-order valence-electron chi connectivity index (χ1n) is 5.18. The van der Waals surface area contributed by atoms with Crippen LogP contribution in [0.4, 0.5) is 0 Å². The van der Waals surface area contributed by atoms with Gasteiger partial charge in [-0.05, 0) is 24.8 Å². The normalized spacial score (nSPS) is 15.6. The fourth-order valence-electron chi connectivity index (χ4n) is 1.50. The molecule has 0 aromatic carbocycles. The van der Waals surface area contributed by atoms with Gasteiger partial charge in [0.1, 0.15) is 5.02 Å². The molecule has 1 saturated carbocycles. The zero-order valence-corrected chi connectivity index (χ0v) is 9.41. The average molecular weight is 242 g/mol. The van der Waals surface area contributed by atoms with Gasteiger partial charge in [0.25, 0.3) is 0 Å². The highest BCUT2D eigenvalue weighted by Gasteiger charge is 2.19. The summed E-state index contributed by atoms with van der Waals surface area (Å²) in [7, 11) is 0. The summed E-state index contributed by atoms with van der Waals surface area (Å²) in [5, 5.41) is 8.98. The SMILES string of the molecule is O=C(O)c1cnc(OCC2CCC2)c(Cl)c1. The summed E-state index contributed by atoms with van der Waals surface area (Å²) in [5.74, 6) is -0.129. The minimum Gasteiger partial charge on any atom is -0.478 e. The van der Waals surface area contributed by atoms with Gasteiger partial charge in [0.15, 0.2) is 0 Å². The van der Waals surface area contributed by atoms with Gasteiger partial charge in [-0.2, -0.15) is 0 Å². The number of rotatable bonds is 4. The van der Waals surface area contributed by atoms with E-state index in [1.165, 1.54) is 31.5 Å². The number of ether oxygens (including phenoxy) is 1. The molecule has 0 unspecified atom stereocenters. The molecule has 1 aromatic rings. The van der Waals surface area contributed by atoms with Crippen molar-refractivity contribution in [3.63, 3.8) is 0 Å². The van der Waals surface area contributed by atoms with E-state index in [0.717, 1.165) is 0 Å². The molecule has 4 nitrogen and oxygen atoms in total. The van der Waals surface area contributed by atoms with Gasteiger partial charge in [0, 0.05) is 6.20 Å². The number of hydrogen-bond acceptors (Lipinski definition) is 3. The Labute approximate surface area is 98.2 Å². The lowest BCUT2D eigenvalue weighted by Gasteiger charge is -2.24. The van der Waals surface area contributed by atoms with Crippen LogP contribution in [0.3, 0.4) is 0 Å². The second kappa shape index (κ2) is 4.70. The summed E-state index contributed by atoms with van der Waals surface area (Å²) in [6.45, 7) is 0.610. The molecule has 0 radical (unpaired) electrons. The van der Waals surface area contributed by atoms with Crippen LogP contribution in [0.15, 0.2) is 12.3 Å². The molecule has 0 saturated heterocycles. The Morgan fingerprint density at radius 1 is 1.62 bits per heavy atom. The molecule has 0 aliphatic heterocycles.